The predicted molar refractivity (Wildman–Crippen MR) is 236 cm³/mol. The van der Waals surface area contributed by atoms with Crippen molar-refractivity contribution in [3.05, 3.63) is 71.8 Å². The van der Waals surface area contributed by atoms with Gasteiger partial charge in [0.25, 0.3) is 0 Å². The van der Waals surface area contributed by atoms with Crippen molar-refractivity contribution in [2.24, 2.45) is 0 Å². The average Bonchev–Trinajstić information content (AvgIpc) is 3.31. The van der Waals surface area contributed by atoms with Gasteiger partial charge in [0.1, 0.15) is 47.7 Å². The second-order valence-electron chi connectivity index (χ2n) is 20.3. The molecule has 2 unspecified atom stereocenters. The molecule has 0 N–H and O–H groups in total. The van der Waals surface area contributed by atoms with Crippen molar-refractivity contribution in [2.45, 2.75) is 156 Å². The topological polar surface area (TPSA) is 168 Å². The van der Waals surface area contributed by atoms with Gasteiger partial charge in [-0.05, 0) is 101 Å². The molecule has 0 radical (unpaired) electrons. The number of rotatable bonds is 17. The van der Waals surface area contributed by atoms with Crippen LogP contribution in [0.1, 0.15) is 114 Å². The summed E-state index contributed by atoms with van der Waals surface area (Å²) in [5.41, 5.74) is -3.41. The number of hydrogen-bond donors (Lipinski definition) is 0. The van der Waals surface area contributed by atoms with Crippen LogP contribution in [-0.2, 0) is 70.4 Å². The van der Waals surface area contributed by atoms with Gasteiger partial charge in [-0.1, -0.05) is 60.7 Å². The first-order chi connectivity index (χ1) is 29.0. The quantitative estimate of drug-likeness (QED) is 0.133. The molecular weight excluding hydrogens is 811 g/mol. The Labute approximate surface area is 374 Å². The van der Waals surface area contributed by atoms with Crippen LogP contribution in [0.5, 0.6) is 0 Å². The first-order valence-electron chi connectivity index (χ1n) is 21.5. The summed E-state index contributed by atoms with van der Waals surface area (Å²) in [6.45, 7) is 21.7. The van der Waals surface area contributed by atoms with Crippen molar-refractivity contribution in [3.8, 4) is 0 Å². The molecule has 1 saturated heterocycles. The van der Waals surface area contributed by atoms with Crippen molar-refractivity contribution in [3.63, 3.8) is 0 Å². The van der Waals surface area contributed by atoms with E-state index in [4.69, 9.17) is 28.4 Å². The minimum absolute atomic E-state index is 0.0241. The fraction of sp³-hybridized carbons (Fsp3) is 0.625. The summed E-state index contributed by atoms with van der Waals surface area (Å²) in [4.78, 5) is 88.3. The molecule has 1 aliphatic heterocycles. The zero-order chi connectivity index (χ0) is 47.4. The fourth-order valence-corrected chi connectivity index (χ4v) is 6.94. The van der Waals surface area contributed by atoms with Crippen molar-refractivity contribution in [1.82, 2.24) is 14.7 Å². The number of carbonyl (C=O) groups excluding carboxylic acids is 6. The van der Waals surface area contributed by atoms with Gasteiger partial charge in [-0.15, -0.1) is 0 Å². The maximum Gasteiger partial charge on any atom is 0.324 e. The summed E-state index contributed by atoms with van der Waals surface area (Å²) in [7, 11) is 0. The second kappa shape index (κ2) is 22.2. The van der Waals surface area contributed by atoms with E-state index in [1.807, 2.05) is 60.7 Å². The highest BCUT2D eigenvalue weighted by Crippen LogP contribution is 2.29. The van der Waals surface area contributed by atoms with Gasteiger partial charge < -0.3 is 28.4 Å². The lowest BCUT2D eigenvalue weighted by Crippen LogP contribution is -2.63. The van der Waals surface area contributed by atoms with Gasteiger partial charge in [0.15, 0.2) is 0 Å². The molecule has 1 aliphatic rings. The molecule has 350 valence electrons. The van der Waals surface area contributed by atoms with Gasteiger partial charge >= 0.3 is 35.8 Å². The predicted octanol–water partition coefficient (Wildman–Crippen LogP) is 6.04. The highest BCUT2D eigenvalue weighted by atomic mass is 16.6. The van der Waals surface area contributed by atoms with E-state index >= 15 is 0 Å². The number of nitrogens with zero attached hydrogens (tertiary/aromatic N) is 3. The van der Waals surface area contributed by atoms with Crippen LogP contribution in [0.4, 0.5) is 0 Å². The monoisotopic (exact) mass is 882 g/mol. The number of benzene rings is 2. The summed E-state index contributed by atoms with van der Waals surface area (Å²) in [6.07, 6.45) is -0.811. The smallest absolute Gasteiger partial charge is 0.324 e. The molecule has 2 aromatic rings. The van der Waals surface area contributed by atoms with E-state index in [-0.39, 0.29) is 39.4 Å². The van der Waals surface area contributed by atoms with Crippen molar-refractivity contribution < 1.29 is 57.2 Å². The lowest BCUT2D eigenvalue weighted by atomic mass is 9.95. The average molecular weight is 882 g/mol. The number of carbonyl (C=O) groups is 6. The molecule has 15 heteroatoms. The summed E-state index contributed by atoms with van der Waals surface area (Å²) < 4.78 is 34.7. The molecule has 63 heavy (non-hydrogen) atoms. The SMILES string of the molecule is CC(C)(C)OC(=O)CN(CC(=O)OC(C)(C)C)C1(C)CN(C(CC(=O)OCc2ccccc2)C(=O)OC(C)(C)C)CCN(C(CC(=O)OCc2ccccc2)C(=O)OC(C)(C)C)C1. The molecule has 1 fully saturated rings. The van der Waals surface area contributed by atoms with Crippen LogP contribution >= 0.6 is 0 Å². The zero-order valence-corrected chi connectivity index (χ0v) is 39.7. The number of hydrogen-bond acceptors (Lipinski definition) is 15. The lowest BCUT2D eigenvalue weighted by Gasteiger charge is -2.45. The summed E-state index contributed by atoms with van der Waals surface area (Å²) in [5.74, 6) is -4.01. The maximum atomic E-state index is 14.3. The van der Waals surface area contributed by atoms with Crippen LogP contribution in [-0.4, -0.2) is 130 Å². The van der Waals surface area contributed by atoms with Crippen LogP contribution in [0.25, 0.3) is 0 Å². The van der Waals surface area contributed by atoms with E-state index in [0.29, 0.717) is 0 Å². The molecule has 0 aromatic heterocycles. The van der Waals surface area contributed by atoms with E-state index in [1.165, 1.54) is 0 Å². The molecule has 0 spiro atoms. The summed E-state index contributed by atoms with van der Waals surface area (Å²) >= 11 is 0. The minimum atomic E-state index is -1.30. The highest BCUT2D eigenvalue weighted by Gasteiger charge is 2.47. The molecule has 0 aliphatic carbocycles. The Morgan fingerprint density at radius 3 is 1.14 bits per heavy atom. The van der Waals surface area contributed by atoms with Crippen molar-refractivity contribution in [2.75, 3.05) is 39.3 Å². The number of ether oxygens (including phenoxy) is 6. The maximum absolute atomic E-state index is 14.3. The van der Waals surface area contributed by atoms with E-state index < -0.39 is 102 Å². The third-order valence-electron chi connectivity index (χ3n) is 9.45. The van der Waals surface area contributed by atoms with E-state index in [2.05, 4.69) is 0 Å². The molecule has 0 bridgehead atoms. The Kier molecular flexibility index (Phi) is 18.5. The van der Waals surface area contributed by atoms with Crippen molar-refractivity contribution >= 4 is 35.8 Å². The fourth-order valence-electron chi connectivity index (χ4n) is 6.94. The molecule has 1 heterocycles. The van der Waals surface area contributed by atoms with E-state index in [0.717, 1.165) is 11.1 Å². The van der Waals surface area contributed by atoms with E-state index in [9.17, 15) is 28.8 Å². The Bertz CT molecular complexity index is 1710. The first-order valence-corrected chi connectivity index (χ1v) is 21.5. The Balaban J connectivity index is 2.18. The van der Waals surface area contributed by atoms with Crippen LogP contribution in [0.15, 0.2) is 60.7 Å². The third kappa shape index (κ3) is 19.6. The first kappa shape index (κ1) is 52.5. The standard InChI is InChI=1S/C48H71N3O12/c1-44(2,3)60-40(54)28-51(29-41(55)61-45(4,5)6)48(13)32-49(36(42(56)62-46(7,8)9)26-38(52)58-30-34-20-16-14-17-21-34)24-25-50(33-48)37(43(57)63-47(10,11)12)27-39(53)59-31-35-22-18-15-19-23-35/h14-23,36-37H,24-33H2,1-13H3. The lowest BCUT2D eigenvalue weighted by molar-refractivity contribution is -0.169. The summed E-state index contributed by atoms with van der Waals surface area (Å²) in [5, 5.41) is 0. The minimum Gasteiger partial charge on any atom is -0.461 e. The van der Waals surface area contributed by atoms with Gasteiger partial charge in [0.05, 0.1) is 25.9 Å². The van der Waals surface area contributed by atoms with Gasteiger partial charge in [-0.2, -0.15) is 0 Å². The molecule has 2 atom stereocenters. The molecular formula is C48H71N3O12. The summed E-state index contributed by atoms with van der Waals surface area (Å²) in [6, 6.07) is 15.8. The Morgan fingerprint density at radius 1 is 0.524 bits per heavy atom. The largest absolute Gasteiger partial charge is 0.461 e. The van der Waals surface area contributed by atoms with Gasteiger partial charge in [0.2, 0.25) is 0 Å². The molecule has 3 rings (SSSR count). The van der Waals surface area contributed by atoms with Crippen LogP contribution in [0, 0.1) is 0 Å². The number of esters is 6. The highest BCUT2D eigenvalue weighted by molar-refractivity contribution is 5.84. The molecule has 15 nitrogen and oxygen atoms in total. The normalized spacial score (nSPS) is 17.7. The Hall–Kier alpha value is -4.86. The van der Waals surface area contributed by atoms with Gasteiger partial charge in [0, 0.05) is 31.7 Å². The van der Waals surface area contributed by atoms with Crippen LogP contribution < -0.4 is 0 Å². The molecule has 0 amide bonds. The molecule has 2 aromatic carbocycles. The second-order valence-corrected chi connectivity index (χ2v) is 20.3. The van der Waals surface area contributed by atoms with Gasteiger partial charge in [-0.25, -0.2) is 0 Å². The van der Waals surface area contributed by atoms with Gasteiger partial charge in [-0.3, -0.25) is 43.5 Å². The van der Waals surface area contributed by atoms with Crippen molar-refractivity contribution in [1.29, 1.82) is 0 Å². The van der Waals surface area contributed by atoms with Crippen LogP contribution in [0.3, 0.4) is 0 Å². The third-order valence-corrected chi connectivity index (χ3v) is 9.45. The Morgan fingerprint density at radius 2 is 0.841 bits per heavy atom. The van der Waals surface area contributed by atoms with Crippen LogP contribution in [0.2, 0.25) is 0 Å². The zero-order valence-electron chi connectivity index (χ0n) is 39.7. The van der Waals surface area contributed by atoms with E-state index in [1.54, 1.807) is 105 Å². The molecule has 0 saturated carbocycles.